The van der Waals surface area contributed by atoms with E-state index in [1.807, 2.05) is 4.90 Å². The van der Waals surface area contributed by atoms with E-state index < -0.39 is 27.3 Å². The number of sulfonamides is 1. The second kappa shape index (κ2) is 15.0. The van der Waals surface area contributed by atoms with Crippen LogP contribution in [0.15, 0.2) is 89.8 Å². The first-order valence-corrected chi connectivity index (χ1v) is 16.9. The second-order valence-corrected chi connectivity index (χ2v) is 13.3. The van der Waals surface area contributed by atoms with Gasteiger partial charge in [0.05, 0.1) is 38.0 Å². The molecular formula is C35H35ClF2N2O6S. The molecule has 248 valence electrons. The number of hydrogen-bond donors (Lipinski definition) is 0. The Morgan fingerprint density at radius 2 is 1.66 bits per heavy atom. The van der Waals surface area contributed by atoms with Crippen LogP contribution in [0, 0.1) is 11.6 Å². The molecule has 0 aliphatic carbocycles. The van der Waals surface area contributed by atoms with Crippen LogP contribution < -0.4 is 18.5 Å². The van der Waals surface area contributed by atoms with Crippen molar-refractivity contribution in [1.82, 2.24) is 4.90 Å². The topological polar surface area (TPSA) is 85.4 Å². The van der Waals surface area contributed by atoms with Crippen molar-refractivity contribution in [3.63, 3.8) is 0 Å². The van der Waals surface area contributed by atoms with Crippen molar-refractivity contribution in [2.24, 2.45) is 0 Å². The number of rotatable bonds is 12. The van der Waals surface area contributed by atoms with E-state index in [1.54, 1.807) is 42.5 Å². The Labute approximate surface area is 278 Å². The molecule has 1 aliphatic rings. The van der Waals surface area contributed by atoms with E-state index in [1.165, 1.54) is 38.5 Å². The highest BCUT2D eigenvalue weighted by Crippen LogP contribution is 2.33. The Morgan fingerprint density at radius 3 is 2.40 bits per heavy atom. The normalized spacial score (nSPS) is 14.8. The SMILES string of the molecule is COc1ccc(C(=O)N2CCCCC2CCOc2ccccc2CN(c2cc(F)ccc2F)S(=O)(=O)c2ccc(Cl)cc2)cc1OC. The molecule has 4 aromatic rings. The molecule has 8 nitrogen and oxygen atoms in total. The number of methoxy groups -OCH3 is 2. The molecule has 1 aliphatic heterocycles. The van der Waals surface area contributed by atoms with Crippen LogP contribution in [0.2, 0.25) is 5.02 Å². The summed E-state index contributed by atoms with van der Waals surface area (Å²) < 4.78 is 74.8. The molecule has 0 spiro atoms. The minimum atomic E-state index is -4.36. The molecule has 1 amide bonds. The fourth-order valence-electron chi connectivity index (χ4n) is 5.65. The average Bonchev–Trinajstić information content (AvgIpc) is 3.08. The third kappa shape index (κ3) is 7.80. The van der Waals surface area contributed by atoms with Crippen molar-refractivity contribution in [1.29, 1.82) is 0 Å². The first-order valence-electron chi connectivity index (χ1n) is 15.1. The van der Waals surface area contributed by atoms with Crippen molar-refractivity contribution >= 4 is 33.2 Å². The highest BCUT2D eigenvalue weighted by atomic mass is 35.5. The van der Waals surface area contributed by atoms with Gasteiger partial charge in [-0.05, 0) is 79.9 Å². The number of nitrogens with zero attached hydrogens (tertiary/aromatic N) is 2. The quantitative estimate of drug-likeness (QED) is 0.154. The first-order chi connectivity index (χ1) is 22.6. The summed E-state index contributed by atoms with van der Waals surface area (Å²) in [6.45, 7) is 0.496. The monoisotopic (exact) mass is 684 g/mol. The third-order valence-corrected chi connectivity index (χ3v) is 10.1. The summed E-state index contributed by atoms with van der Waals surface area (Å²) in [5, 5.41) is 0.327. The molecule has 1 fully saturated rings. The zero-order valence-electron chi connectivity index (χ0n) is 26.0. The van der Waals surface area contributed by atoms with Crippen LogP contribution in [0.1, 0.15) is 41.6 Å². The summed E-state index contributed by atoms with van der Waals surface area (Å²) in [4.78, 5) is 15.3. The number of ether oxygens (including phenoxy) is 3. The summed E-state index contributed by atoms with van der Waals surface area (Å²) in [5.41, 5.74) is 0.490. The van der Waals surface area contributed by atoms with Gasteiger partial charge in [0, 0.05) is 41.2 Å². The fraction of sp³-hybridized carbons (Fsp3) is 0.286. The number of halogens is 3. The third-order valence-electron chi connectivity index (χ3n) is 8.09. The van der Waals surface area contributed by atoms with Crippen molar-refractivity contribution in [2.45, 2.75) is 43.2 Å². The van der Waals surface area contributed by atoms with Crippen LogP contribution in [0.4, 0.5) is 14.5 Å². The van der Waals surface area contributed by atoms with E-state index in [4.69, 9.17) is 25.8 Å². The van der Waals surface area contributed by atoms with Gasteiger partial charge in [0.15, 0.2) is 11.5 Å². The lowest BCUT2D eigenvalue weighted by molar-refractivity contribution is 0.0580. The summed E-state index contributed by atoms with van der Waals surface area (Å²) in [7, 11) is -1.31. The van der Waals surface area contributed by atoms with E-state index >= 15 is 4.39 Å². The molecule has 5 rings (SSSR count). The number of likely N-dealkylation sites (tertiary alicyclic amines) is 1. The van der Waals surface area contributed by atoms with Crippen molar-refractivity contribution in [2.75, 3.05) is 31.7 Å². The van der Waals surface area contributed by atoms with Gasteiger partial charge < -0.3 is 19.1 Å². The van der Waals surface area contributed by atoms with Gasteiger partial charge in [-0.1, -0.05) is 29.8 Å². The number of carbonyl (C=O) groups excluding carboxylic acids is 1. The molecule has 0 N–H and O–H groups in total. The van der Waals surface area contributed by atoms with Gasteiger partial charge in [-0.2, -0.15) is 0 Å². The first kappa shape index (κ1) is 34.0. The molecule has 1 saturated heterocycles. The number of para-hydroxylation sites is 1. The molecule has 1 atom stereocenters. The molecule has 1 unspecified atom stereocenters. The molecule has 1 heterocycles. The minimum absolute atomic E-state index is 0.0836. The van der Waals surface area contributed by atoms with Gasteiger partial charge in [0.2, 0.25) is 0 Å². The van der Waals surface area contributed by atoms with Gasteiger partial charge in [0.25, 0.3) is 15.9 Å². The van der Waals surface area contributed by atoms with Crippen molar-refractivity contribution in [3.05, 3.63) is 113 Å². The average molecular weight is 685 g/mol. The maximum Gasteiger partial charge on any atom is 0.264 e. The molecule has 47 heavy (non-hydrogen) atoms. The predicted octanol–water partition coefficient (Wildman–Crippen LogP) is 7.49. The molecule has 0 aromatic heterocycles. The predicted molar refractivity (Wildman–Crippen MR) is 176 cm³/mol. The van der Waals surface area contributed by atoms with Crippen LogP contribution in [-0.4, -0.2) is 52.6 Å². The molecule has 0 saturated carbocycles. The number of piperidine rings is 1. The van der Waals surface area contributed by atoms with Crippen LogP contribution in [0.5, 0.6) is 17.2 Å². The van der Waals surface area contributed by atoms with Crippen LogP contribution >= 0.6 is 11.6 Å². The van der Waals surface area contributed by atoms with E-state index in [0.717, 1.165) is 41.8 Å². The van der Waals surface area contributed by atoms with Crippen LogP contribution in [0.25, 0.3) is 0 Å². The van der Waals surface area contributed by atoms with E-state index in [-0.39, 0.29) is 30.0 Å². The summed E-state index contributed by atoms with van der Waals surface area (Å²) in [5.74, 6) is -0.422. The second-order valence-electron chi connectivity index (χ2n) is 11.0. The van der Waals surface area contributed by atoms with Crippen LogP contribution in [0.3, 0.4) is 0 Å². The molecular weight excluding hydrogens is 650 g/mol. The van der Waals surface area contributed by atoms with E-state index in [0.29, 0.717) is 46.4 Å². The lowest BCUT2D eigenvalue weighted by atomic mass is 9.98. The van der Waals surface area contributed by atoms with E-state index in [9.17, 15) is 17.6 Å². The number of amides is 1. The Hall–Kier alpha value is -4.35. The number of benzene rings is 4. The standard InChI is InChI=1S/C35H35ClF2N2O6S/c1-44-33-17-10-24(21-34(33)45-2)35(41)39-19-6-5-8-28(39)18-20-46-32-9-4-3-7-25(32)23-40(31-22-27(37)13-16-30(31)38)47(42,43)29-14-11-26(36)12-15-29/h3-4,7,9-17,21-22,28H,5-6,8,18-20,23H2,1-2H3. The number of hydrogen-bond acceptors (Lipinski definition) is 6. The largest absolute Gasteiger partial charge is 0.493 e. The Bertz CT molecular complexity index is 1820. The zero-order valence-corrected chi connectivity index (χ0v) is 27.6. The molecule has 12 heteroatoms. The lowest BCUT2D eigenvalue weighted by Crippen LogP contribution is -2.44. The summed E-state index contributed by atoms with van der Waals surface area (Å²) in [6.07, 6.45) is 3.18. The fourth-order valence-corrected chi connectivity index (χ4v) is 7.22. The Morgan fingerprint density at radius 1 is 0.915 bits per heavy atom. The number of anilines is 1. The lowest BCUT2D eigenvalue weighted by Gasteiger charge is -2.36. The van der Waals surface area contributed by atoms with Crippen molar-refractivity contribution in [3.8, 4) is 17.2 Å². The summed E-state index contributed by atoms with van der Waals surface area (Å²) >= 11 is 5.97. The van der Waals surface area contributed by atoms with Gasteiger partial charge >= 0.3 is 0 Å². The van der Waals surface area contributed by atoms with Gasteiger partial charge in [-0.15, -0.1) is 0 Å². The molecule has 0 bridgehead atoms. The van der Waals surface area contributed by atoms with Gasteiger partial charge in [-0.3, -0.25) is 9.10 Å². The number of carbonyl (C=O) groups is 1. The Kier molecular flexibility index (Phi) is 10.9. The zero-order chi connectivity index (χ0) is 33.6. The van der Waals surface area contributed by atoms with E-state index in [2.05, 4.69) is 0 Å². The smallest absolute Gasteiger partial charge is 0.264 e. The molecule has 0 radical (unpaired) electrons. The highest BCUT2D eigenvalue weighted by molar-refractivity contribution is 7.92. The Balaban J connectivity index is 1.35. The highest BCUT2D eigenvalue weighted by Gasteiger charge is 2.30. The molecule has 4 aromatic carbocycles. The summed E-state index contributed by atoms with van der Waals surface area (Å²) in [6, 6.07) is 19.9. The van der Waals surface area contributed by atoms with Gasteiger partial charge in [-0.25, -0.2) is 17.2 Å². The maximum absolute atomic E-state index is 15.1. The van der Waals surface area contributed by atoms with Gasteiger partial charge in [0.1, 0.15) is 17.4 Å². The maximum atomic E-state index is 15.1. The minimum Gasteiger partial charge on any atom is -0.493 e. The van der Waals surface area contributed by atoms with Crippen molar-refractivity contribution < 1.29 is 36.2 Å². The van der Waals surface area contributed by atoms with Crippen LogP contribution in [-0.2, 0) is 16.6 Å².